The van der Waals surface area contributed by atoms with E-state index in [-0.39, 0.29) is 90.9 Å². The summed E-state index contributed by atoms with van der Waals surface area (Å²) in [6.45, 7) is 8.18. The molecule has 84 heavy (non-hydrogen) atoms. The van der Waals surface area contributed by atoms with Crippen LogP contribution in [0.3, 0.4) is 0 Å². The van der Waals surface area contributed by atoms with Crippen molar-refractivity contribution >= 4 is 47.6 Å². The Balaban J connectivity index is 0.000000189. The zero-order valence-corrected chi connectivity index (χ0v) is 51.0. The molecule has 5 aliphatic carbocycles. The number of likely N-dealkylation sites (tertiary alicyclic amines) is 2. The highest BCUT2D eigenvalue weighted by Gasteiger charge is 2.56. The summed E-state index contributed by atoms with van der Waals surface area (Å²) in [6.07, 6.45) is 28.1. The Kier molecular flexibility index (Phi) is 20.9. The van der Waals surface area contributed by atoms with E-state index in [0.717, 1.165) is 165 Å². The van der Waals surface area contributed by atoms with E-state index >= 15 is 0 Å². The second-order valence-electron chi connectivity index (χ2n) is 26.2. The molecule has 16 heteroatoms. The number of ether oxygens (including phenoxy) is 2. The fourth-order valence-electron chi connectivity index (χ4n) is 16.4. The molecule has 458 valence electrons. The second-order valence-corrected chi connectivity index (χ2v) is 26.2. The molecule has 16 nitrogen and oxygen atoms in total. The molecule has 9 aliphatic rings. The van der Waals surface area contributed by atoms with Crippen LogP contribution in [0.25, 0.3) is 0 Å². The van der Waals surface area contributed by atoms with Gasteiger partial charge in [0.25, 0.3) is 11.8 Å². The van der Waals surface area contributed by atoms with Crippen molar-refractivity contribution in [2.45, 2.75) is 294 Å². The first-order valence-electron chi connectivity index (χ1n) is 33.3. The van der Waals surface area contributed by atoms with Gasteiger partial charge in [0.05, 0.1) is 6.04 Å². The number of esters is 2. The molecule has 2 unspecified atom stereocenters. The summed E-state index contributed by atoms with van der Waals surface area (Å²) >= 11 is 0. The lowest BCUT2D eigenvalue weighted by atomic mass is 9.84. The summed E-state index contributed by atoms with van der Waals surface area (Å²) in [5.74, 6) is 0.275. The van der Waals surface area contributed by atoms with Gasteiger partial charge in [-0.05, 0) is 127 Å². The molecular weight excluding hydrogens is 1060 g/mol. The van der Waals surface area contributed by atoms with E-state index in [1.54, 1.807) is 11.8 Å². The summed E-state index contributed by atoms with van der Waals surface area (Å²) in [7, 11) is 0. The molecule has 4 saturated heterocycles. The third-order valence-electron chi connectivity index (χ3n) is 20.7. The van der Waals surface area contributed by atoms with Crippen molar-refractivity contribution in [1.82, 2.24) is 29.4 Å². The number of amides is 6. The quantitative estimate of drug-likeness (QED) is 0.110. The Morgan fingerprint density at radius 3 is 1.36 bits per heavy atom. The van der Waals surface area contributed by atoms with Crippen molar-refractivity contribution in [2.75, 3.05) is 0 Å². The number of guanidine groups is 1. The smallest absolute Gasteiger partial charge is 0.329 e. The summed E-state index contributed by atoms with van der Waals surface area (Å²) in [5, 5.41) is 0. The number of urea groups is 1. The minimum atomic E-state index is -0.823. The first-order valence-corrected chi connectivity index (χ1v) is 33.3. The average Bonchev–Trinajstić information content (AvgIpc) is 4.46. The molecule has 11 rings (SSSR count). The number of hydrogen-bond acceptors (Lipinski definition) is 10. The van der Waals surface area contributed by atoms with Gasteiger partial charge < -0.3 is 29.1 Å². The molecule has 4 heterocycles. The van der Waals surface area contributed by atoms with Crippen LogP contribution in [-0.2, 0) is 51.5 Å². The van der Waals surface area contributed by atoms with Gasteiger partial charge in [-0.15, -0.1) is 0 Å². The summed E-state index contributed by atoms with van der Waals surface area (Å²) in [5.41, 5.74) is 1.84. The monoisotopic (exact) mass is 1160 g/mol. The molecule has 6 amide bonds. The van der Waals surface area contributed by atoms with Crippen molar-refractivity contribution in [3.8, 4) is 0 Å². The van der Waals surface area contributed by atoms with E-state index in [0.29, 0.717) is 31.6 Å². The highest BCUT2D eigenvalue weighted by Crippen LogP contribution is 2.44. The number of nitrogens with zero attached hydrogens (tertiary/aromatic N) is 7. The maximum Gasteiger partial charge on any atom is 0.329 e. The van der Waals surface area contributed by atoms with Gasteiger partial charge >= 0.3 is 18.0 Å². The molecule has 5 saturated carbocycles. The van der Waals surface area contributed by atoms with Crippen molar-refractivity contribution in [2.24, 2.45) is 16.8 Å². The summed E-state index contributed by atoms with van der Waals surface area (Å²) < 4.78 is 11.6. The van der Waals surface area contributed by atoms with Crippen LogP contribution in [-0.4, -0.2) is 143 Å². The fraction of sp³-hybridized carbons (Fsp3) is 0.706. The van der Waals surface area contributed by atoms with Gasteiger partial charge in [0.1, 0.15) is 49.5 Å². The lowest BCUT2D eigenvalue weighted by Crippen LogP contribution is -2.56. The number of rotatable bonds is 17. The zero-order valence-electron chi connectivity index (χ0n) is 51.0. The van der Waals surface area contributed by atoms with E-state index < -0.39 is 36.3 Å². The van der Waals surface area contributed by atoms with Crippen LogP contribution in [0.1, 0.15) is 225 Å². The number of aliphatic imine (C=N–C) groups is 1. The lowest BCUT2D eigenvalue weighted by molar-refractivity contribution is -0.157. The highest BCUT2D eigenvalue weighted by molar-refractivity contribution is 6.09. The van der Waals surface area contributed by atoms with Crippen LogP contribution in [0.15, 0.2) is 65.7 Å². The molecule has 0 spiro atoms. The number of fused-ring (bicyclic) bond motifs is 2. The zero-order chi connectivity index (χ0) is 58.9. The molecule has 0 N–H and O–H groups in total. The van der Waals surface area contributed by atoms with Crippen LogP contribution in [0.4, 0.5) is 4.79 Å². The first-order chi connectivity index (χ1) is 40.9. The molecular formula is C68H97N7O9. The van der Waals surface area contributed by atoms with E-state index in [9.17, 15) is 33.6 Å². The number of benzene rings is 2. The normalized spacial score (nSPS) is 29.1. The Bertz CT molecular complexity index is 2620. The number of hydrogen-bond donors (Lipinski definition) is 0. The number of carbonyl (C=O) groups excluding carboxylic acids is 7. The third kappa shape index (κ3) is 13.3. The summed E-state index contributed by atoms with van der Waals surface area (Å²) in [6, 6.07) is 15.5. The maximum absolute atomic E-state index is 14.8. The molecule has 0 radical (unpaired) electrons. The van der Waals surface area contributed by atoms with E-state index in [4.69, 9.17) is 14.5 Å². The standard InChI is InChI=1S/C37H54N4O4.C31H43N3O5/c1-3-15-32-35(43)40(30-21-11-6-12-22-30)37(38-29-19-9-5-10-20-29)39(32)26(2)34(42)41-31-23-14-13-18-28(31)24-33(41)36(44)45-25-27-16-7-4-8-17-27;1-3-12-26-29(36)33(24-16-8-5-9-17-24)31(38)32(26)21(2)28(35)34-25-18-11-10-15-23(25)19-27(34)30(37)39-20-22-13-6-4-7-14-22/h4,7-8,16-17,26,28-33H,3,5-6,9-15,18-25H2,1-2H3;4,6-7,13-14,21,23-27H,3,5,8-12,15-20H2,1-2H3/t26-,28-,31-,32?,33-;21-,23-,25-,26?,27-/m00/s1. The molecule has 4 aliphatic heterocycles. The summed E-state index contributed by atoms with van der Waals surface area (Å²) in [4.78, 5) is 114. The third-order valence-corrected chi connectivity index (χ3v) is 20.7. The highest BCUT2D eigenvalue weighted by atomic mass is 16.5. The minimum absolute atomic E-state index is 0.0320. The van der Waals surface area contributed by atoms with Gasteiger partial charge in [-0.1, -0.05) is 171 Å². The first kappa shape index (κ1) is 61.3. The molecule has 10 atom stereocenters. The molecule has 0 aromatic heterocycles. The van der Waals surface area contributed by atoms with Crippen LogP contribution in [0.2, 0.25) is 0 Å². The van der Waals surface area contributed by atoms with Crippen LogP contribution in [0.5, 0.6) is 0 Å². The fourth-order valence-corrected chi connectivity index (χ4v) is 16.4. The number of imide groups is 1. The van der Waals surface area contributed by atoms with Crippen molar-refractivity contribution in [3.05, 3.63) is 71.8 Å². The van der Waals surface area contributed by atoms with Gasteiger partial charge in [-0.25, -0.2) is 19.4 Å². The largest absolute Gasteiger partial charge is 0.459 e. The Labute approximate surface area is 500 Å². The van der Waals surface area contributed by atoms with Crippen LogP contribution >= 0.6 is 0 Å². The minimum Gasteiger partial charge on any atom is -0.459 e. The predicted molar refractivity (Wildman–Crippen MR) is 322 cm³/mol. The van der Waals surface area contributed by atoms with Crippen molar-refractivity contribution in [1.29, 1.82) is 0 Å². The Morgan fingerprint density at radius 1 is 0.500 bits per heavy atom. The topological polar surface area (TPSA) is 170 Å². The van der Waals surface area contributed by atoms with E-state index in [1.165, 1.54) is 22.6 Å². The molecule has 2 aromatic carbocycles. The number of carbonyl (C=O) groups is 7. The lowest BCUT2D eigenvalue weighted by Gasteiger charge is -2.39. The Morgan fingerprint density at radius 2 is 0.893 bits per heavy atom. The predicted octanol–water partition coefficient (Wildman–Crippen LogP) is 11.7. The van der Waals surface area contributed by atoms with Gasteiger partial charge in [0, 0.05) is 24.2 Å². The van der Waals surface area contributed by atoms with Gasteiger partial charge in [0.15, 0.2) is 0 Å². The average molecular weight is 1160 g/mol. The van der Waals surface area contributed by atoms with Crippen molar-refractivity contribution in [3.63, 3.8) is 0 Å². The van der Waals surface area contributed by atoms with Crippen LogP contribution in [0, 0.1) is 11.8 Å². The van der Waals surface area contributed by atoms with Gasteiger partial charge in [-0.3, -0.25) is 29.0 Å². The molecule has 0 bridgehead atoms. The van der Waals surface area contributed by atoms with Crippen molar-refractivity contribution < 1.29 is 43.0 Å². The molecule has 9 fully saturated rings. The van der Waals surface area contributed by atoms with E-state index in [2.05, 4.69) is 11.8 Å². The van der Waals surface area contributed by atoms with Gasteiger partial charge in [0.2, 0.25) is 17.8 Å². The van der Waals surface area contributed by atoms with Gasteiger partial charge in [-0.2, -0.15) is 0 Å². The SMILES string of the molecule is CCCC1C(=O)N(C2CCCCC2)C(=NC2CCCCC2)N1[C@@H](C)C(=O)N1[C@H](C(=O)OCc2ccccc2)C[C@@H]2CCCC[C@@H]21.CCCC1C(=O)N(C2CCCCC2)C(=O)N1[C@@H](C)C(=O)N1[C@H](C(=O)OCc2ccccc2)C[C@@H]2CCCC[C@@H]21. The maximum atomic E-state index is 14.8. The van der Waals surface area contributed by atoms with Crippen LogP contribution < -0.4 is 0 Å². The molecule has 2 aromatic rings. The Hall–Kier alpha value is -5.80. The second kappa shape index (κ2) is 28.6. The van der Waals surface area contributed by atoms with E-state index in [1.807, 2.05) is 84.3 Å².